The Morgan fingerprint density at radius 3 is 2.20 bits per heavy atom. The van der Waals surface area contributed by atoms with Gasteiger partial charge >= 0.3 is 10.4 Å². The molecule has 1 heterocycles. The molecule has 5 fully saturated rings. The number of ether oxygens (including phenoxy) is 2. The molecule has 0 amide bonds. The first-order chi connectivity index (χ1) is 20.8. The van der Waals surface area contributed by atoms with Crippen LogP contribution in [0.3, 0.4) is 0 Å². The highest BCUT2D eigenvalue weighted by Crippen LogP contribution is 2.70. The van der Waals surface area contributed by atoms with E-state index in [1.165, 1.54) is 0 Å². The van der Waals surface area contributed by atoms with Gasteiger partial charge < -0.3 is 40.1 Å². The van der Waals surface area contributed by atoms with E-state index in [-0.39, 0.29) is 54.1 Å². The second kappa shape index (κ2) is 12.8. The second-order valence-corrected chi connectivity index (χ2v) is 17.1. The molecule has 7 N–H and O–H groups in total. The predicted molar refractivity (Wildman–Crippen MR) is 162 cm³/mol. The molecule has 0 bridgehead atoms. The van der Waals surface area contributed by atoms with Crippen molar-refractivity contribution in [1.82, 2.24) is 0 Å². The minimum Gasteiger partial charge on any atom is -0.393 e. The molecule has 12 nitrogen and oxygen atoms in total. The molecule has 13 heteroatoms. The molecule has 0 radical (unpaired) electrons. The van der Waals surface area contributed by atoms with E-state index in [2.05, 4.69) is 20.8 Å². The summed E-state index contributed by atoms with van der Waals surface area (Å²) in [5, 5.41) is 66.1. The van der Waals surface area contributed by atoms with E-state index in [9.17, 15) is 43.6 Å². The molecule has 1 saturated heterocycles. The highest BCUT2D eigenvalue weighted by atomic mass is 32.3. The van der Waals surface area contributed by atoms with Crippen molar-refractivity contribution in [3.05, 3.63) is 0 Å². The molecule has 5 rings (SSSR count). The van der Waals surface area contributed by atoms with Gasteiger partial charge in [0.2, 0.25) is 0 Å². The number of rotatable bonds is 9. The van der Waals surface area contributed by atoms with Crippen molar-refractivity contribution < 1.29 is 57.3 Å². The third kappa shape index (κ3) is 6.50. The maximum Gasteiger partial charge on any atom is 0.397 e. The van der Waals surface area contributed by atoms with Crippen LogP contribution in [0.4, 0.5) is 0 Å². The van der Waals surface area contributed by atoms with Crippen molar-refractivity contribution in [3.63, 3.8) is 0 Å². The van der Waals surface area contributed by atoms with Crippen molar-refractivity contribution in [1.29, 1.82) is 0 Å². The van der Waals surface area contributed by atoms with Crippen LogP contribution in [0.1, 0.15) is 92.4 Å². The normalized spacial score (nSPS) is 50.0. The molecular weight excluding hydrogens is 608 g/mol. The van der Waals surface area contributed by atoms with Crippen molar-refractivity contribution in [3.8, 4) is 0 Å². The van der Waals surface area contributed by atoms with Crippen LogP contribution in [0.25, 0.3) is 0 Å². The summed E-state index contributed by atoms with van der Waals surface area (Å²) in [6.45, 7) is 9.95. The standard InChI is InChI=1S/C32H56O12S/c1-16(2)24(44-45(39,40)41)7-6-17(3)19-13-21(33)28-31(19,5)11-9-25-30(4)10-8-18(12-20(30)22(34)14-32(25,28)38)43-29-27(37)26(36)23(35)15-42-29/h16-29,33-38H,6-15H2,1-5H3,(H,39,40,41). The summed E-state index contributed by atoms with van der Waals surface area (Å²) in [6, 6.07) is 0. The number of hydrogen-bond donors (Lipinski definition) is 7. The number of hydrogen-bond acceptors (Lipinski definition) is 11. The predicted octanol–water partition coefficient (Wildman–Crippen LogP) is 1.79. The maximum atomic E-state index is 12.6. The van der Waals surface area contributed by atoms with Crippen molar-refractivity contribution >= 4 is 10.4 Å². The number of aliphatic hydroxyl groups is 6. The van der Waals surface area contributed by atoms with Crippen LogP contribution in [0.5, 0.6) is 0 Å². The van der Waals surface area contributed by atoms with Crippen molar-refractivity contribution in [2.75, 3.05) is 6.61 Å². The molecule has 1 aliphatic heterocycles. The van der Waals surface area contributed by atoms with Crippen LogP contribution in [0.2, 0.25) is 0 Å². The van der Waals surface area contributed by atoms with E-state index in [4.69, 9.17) is 13.7 Å². The highest BCUT2D eigenvalue weighted by Gasteiger charge is 2.70. The van der Waals surface area contributed by atoms with Gasteiger partial charge in [-0.3, -0.25) is 4.55 Å². The van der Waals surface area contributed by atoms with E-state index >= 15 is 0 Å². The van der Waals surface area contributed by atoms with E-state index in [1.807, 2.05) is 13.8 Å². The quantitative estimate of drug-likeness (QED) is 0.139. The molecule has 0 aromatic carbocycles. The van der Waals surface area contributed by atoms with Gasteiger partial charge in [0.25, 0.3) is 0 Å². The van der Waals surface area contributed by atoms with Gasteiger partial charge in [0.05, 0.1) is 36.6 Å². The summed E-state index contributed by atoms with van der Waals surface area (Å²) in [5.41, 5.74) is -2.06. The summed E-state index contributed by atoms with van der Waals surface area (Å²) in [5.74, 6) is -0.683. The zero-order valence-electron chi connectivity index (χ0n) is 27.2. The molecule has 5 aliphatic rings. The fraction of sp³-hybridized carbons (Fsp3) is 1.00. The van der Waals surface area contributed by atoms with Gasteiger partial charge in [-0.1, -0.05) is 34.6 Å². The van der Waals surface area contributed by atoms with Gasteiger partial charge in [-0.15, -0.1) is 0 Å². The zero-order chi connectivity index (χ0) is 33.3. The van der Waals surface area contributed by atoms with Crippen LogP contribution in [-0.2, 0) is 24.1 Å². The molecule has 16 atom stereocenters. The van der Waals surface area contributed by atoms with Crippen LogP contribution < -0.4 is 0 Å². The van der Waals surface area contributed by atoms with Crippen LogP contribution in [-0.4, -0.2) is 105 Å². The second-order valence-electron chi connectivity index (χ2n) is 16.0. The first-order valence-corrected chi connectivity index (χ1v) is 18.2. The van der Waals surface area contributed by atoms with Gasteiger partial charge in [-0.2, -0.15) is 8.42 Å². The Bertz CT molecular complexity index is 1150. The fourth-order valence-corrected chi connectivity index (χ4v) is 11.5. The first kappa shape index (κ1) is 35.8. The molecule has 4 aliphatic carbocycles. The zero-order valence-corrected chi connectivity index (χ0v) is 28.1. The Kier molecular flexibility index (Phi) is 10.2. The lowest BCUT2D eigenvalue weighted by atomic mass is 9.42. The first-order valence-electron chi connectivity index (χ1n) is 16.9. The SMILES string of the molecule is CC(C)C(CCC(C)C1CC(O)C2C1(C)CCC1C3(C)CCC(OC4OCC(O)C(O)C4O)CC3C(O)CC12O)OS(=O)(=O)O. The average molecular weight is 665 g/mol. The number of fused-ring (bicyclic) bond motifs is 5. The summed E-state index contributed by atoms with van der Waals surface area (Å²) >= 11 is 0. The lowest BCUT2D eigenvalue weighted by molar-refractivity contribution is -0.300. The van der Waals surface area contributed by atoms with Crippen molar-refractivity contribution in [2.45, 2.75) is 147 Å². The fourth-order valence-electron chi connectivity index (χ4n) is 10.9. The Balaban J connectivity index is 1.29. The lowest BCUT2D eigenvalue weighted by Gasteiger charge is -2.66. The van der Waals surface area contributed by atoms with Crippen molar-refractivity contribution in [2.24, 2.45) is 46.3 Å². The van der Waals surface area contributed by atoms with Crippen LogP contribution in [0.15, 0.2) is 0 Å². The summed E-state index contributed by atoms with van der Waals surface area (Å²) < 4.78 is 48.6. The molecule has 4 saturated carbocycles. The van der Waals surface area contributed by atoms with Crippen LogP contribution >= 0.6 is 0 Å². The summed E-state index contributed by atoms with van der Waals surface area (Å²) in [7, 11) is -4.58. The van der Waals surface area contributed by atoms with Gasteiger partial charge in [0.1, 0.15) is 18.3 Å². The lowest BCUT2D eigenvalue weighted by Crippen LogP contribution is -2.68. The Hall–Kier alpha value is -0.450. The molecular formula is C32H56O12S. The number of aliphatic hydroxyl groups excluding tert-OH is 5. The highest BCUT2D eigenvalue weighted by molar-refractivity contribution is 7.80. The topological polar surface area (TPSA) is 203 Å². The van der Waals surface area contributed by atoms with E-state index < -0.39 is 70.2 Å². The smallest absolute Gasteiger partial charge is 0.393 e. The monoisotopic (exact) mass is 664 g/mol. The molecule has 45 heavy (non-hydrogen) atoms. The Labute approximate surface area is 267 Å². The summed E-state index contributed by atoms with van der Waals surface area (Å²) in [6.07, 6.45) is -2.50. The molecule has 262 valence electrons. The maximum absolute atomic E-state index is 12.6. The minimum absolute atomic E-state index is 0.0728. The van der Waals surface area contributed by atoms with Crippen LogP contribution in [0, 0.1) is 46.3 Å². The van der Waals surface area contributed by atoms with Gasteiger partial charge in [-0.25, -0.2) is 4.18 Å². The largest absolute Gasteiger partial charge is 0.397 e. The van der Waals surface area contributed by atoms with Gasteiger partial charge in [0.15, 0.2) is 6.29 Å². The molecule has 16 unspecified atom stereocenters. The van der Waals surface area contributed by atoms with Gasteiger partial charge in [-0.05, 0) is 91.8 Å². The third-order valence-corrected chi connectivity index (χ3v) is 13.6. The van der Waals surface area contributed by atoms with E-state index in [0.29, 0.717) is 38.5 Å². The molecule has 0 spiro atoms. The Morgan fingerprint density at radius 2 is 1.56 bits per heavy atom. The summed E-state index contributed by atoms with van der Waals surface area (Å²) in [4.78, 5) is 0. The molecule has 0 aromatic heterocycles. The minimum atomic E-state index is -4.58. The third-order valence-electron chi connectivity index (χ3n) is 13.1. The van der Waals surface area contributed by atoms with E-state index in [0.717, 1.165) is 12.8 Å². The Morgan fingerprint density at radius 1 is 0.889 bits per heavy atom. The van der Waals surface area contributed by atoms with Gasteiger partial charge in [0, 0.05) is 12.3 Å². The van der Waals surface area contributed by atoms with E-state index in [1.54, 1.807) is 0 Å². The average Bonchev–Trinajstić information content (AvgIpc) is 3.22. The molecule has 0 aromatic rings.